The zero-order valence-electron chi connectivity index (χ0n) is 17.4. The summed E-state index contributed by atoms with van der Waals surface area (Å²) in [5.74, 6) is -0.118. The second-order valence-corrected chi connectivity index (χ2v) is 8.88. The Bertz CT molecular complexity index is 901. The molecule has 0 aromatic heterocycles. The summed E-state index contributed by atoms with van der Waals surface area (Å²) in [5.41, 5.74) is -0.800. The van der Waals surface area contributed by atoms with Gasteiger partial charge in [0, 0.05) is 24.5 Å². The molecule has 0 saturated carbocycles. The number of hydrogen-bond acceptors (Lipinski definition) is 8. The SMILES string of the molecule is COCCOC(=O)CP(=O)(C(=O)c1c(OC)cc(OC)cc1OC)c1ccccc1. The molecule has 0 N–H and O–H groups in total. The molecule has 30 heavy (non-hydrogen) atoms. The summed E-state index contributed by atoms with van der Waals surface area (Å²) in [7, 11) is 1.72. The summed E-state index contributed by atoms with van der Waals surface area (Å²) in [6.07, 6.45) is -0.599. The smallest absolute Gasteiger partial charge is 0.314 e. The van der Waals surface area contributed by atoms with Crippen molar-refractivity contribution in [2.75, 3.05) is 47.8 Å². The predicted molar refractivity (Wildman–Crippen MR) is 112 cm³/mol. The third-order valence-electron chi connectivity index (χ3n) is 4.33. The lowest BCUT2D eigenvalue weighted by molar-refractivity contribution is -0.141. The second-order valence-electron chi connectivity index (χ2n) is 6.16. The van der Waals surface area contributed by atoms with Crippen LogP contribution in [0.5, 0.6) is 17.2 Å². The minimum Gasteiger partial charge on any atom is -0.496 e. The van der Waals surface area contributed by atoms with Crippen molar-refractivity contribution in [1.29, 1.82) is 0 Å². The summed E-state index contributed by atoms with van der Waals surface area (Å²) in [6, 6.07) is 11.1. The molecule has 2 rings (SSSR count). The zero-order valence-corrected chi connectivity index (χ0v) is 18.3. The van der Waals surface area contributed by atoms with Gasteiger partial charge in [-0.2, -0.15) is 0 Å². The first-order valence-corrected chi connectivity index (χ1v) is 10.9. The molecule has 0 fully saturated rings. The molecule has 0 spiro atoms. The maximum atomic E-state index is 14.0. The van der Waals surface area contributed by atoms with Gasteiger partial charge in [0.15, 0.2) is 7.14 Å². The van der Waals surface area contributed by atoms with Gasteiger partial charge < -0.3 is 28.2 Å². The van der Waals surface area contributed by atoms with Crippen LogP contribution in [0.3, 0.4) is 0 Å². The van der Waals surface area contributed by atoms with Crippen molar-refractivity contribution in [3.63, 3.8) is 0 Å². The first-order chi connectivity index (χ1) is 14.4. The average Bonchev–Trinajstić information content (AvgIpc) is 2.78. The summed E-state index contributed by atoms with van der Waals surface area (Å²) in [6.45, 7) is 0.183. The Balaban J connectivity index is 2.56. The topological polar surface area (TPSA) is 97.4 Å². The lowest BCUT2D eigenvalue weighted by atomic mass is 10.2. The van der Waals surface area contributed by atoms with Crippen molar-refractivity contribution in [2.45, 2.75) is 0 Å². The fraction of sp³-hybridized carbons (Fsp3) is 0.333. The van der Waals surface area contributed by atoms with E-state index in [0.717, 1.165) is 0 Å². The van der Waals surface area contributed by atoms with Crippen LogP contribution < -0.4 is 19.5 Å². The molecule has 2 aromatic rings. The summed E-state index contributed by atoms with van der Waals surface area (Å²) >= 11 is 0. The van der Waals surface area contributed by atoms with Crippen molar-refractivity contribution >= 4 is 23.9 Å². The van der Waals surface area contributed by atoms with Gasteiger partial charge in [-0.3, -0.25) is 9.59 Å². The number of hydrogen-bond donors (Lipinski definition) is 0. The summed E-state index contributed by atoms with van der Waals surface area (Å²) in [4.78, 5) is 26.0. The molecule has 1 atom stereocenters. The summed E-state index contributed by atoms with van der Waals surface area (Å²) < 4.78 is 39.8. The molecule has 0 aliphatic rings. The number of carbonyl (C=O) groups is 2. The van der Waals surface area contributed by atoms with Crippen molar-refractivity contribution in [3.8, 4) is 17.2 Å². The van der Waals surface area contributed by atoms with E-state index in [2.05, 4.69) is 0 Å². The van der Waals surface area contributed by atoms with Crippen molar-refractivity contribution in [1.82, 2.24) is 0 Å². The van der Waals surface area contributed by atoms with Gasteiger partial charge in [-0.25, -0.2) is 0 Å². The molecule has 0 bridgehead atoms. The van der Waals surface area contributed by atoms with Crippen LogP contribution in [-0.2, 0) is 18.8 Å². The quantitative estimate of drug-likeness (QED) is 0.301. The lowest BCUT2D eigenvalue weighted by Crippen LogP contribution is -2.23. The number of benzene rings is 2. The van der Waals surface area contributed by atoms with E-state index in [9.17, 15) is 14.2 Å². The highest BCUT2D eigenvalue weighted by molar-refractivity contribution is 7.88. The van der Waals surface area contributed by atoms with Crippen LogP contribution in [-0.4, -0.2) is 59.3 Å². The van der Waals surface area contributed by atoms with E-state index in [1.807, 2.05) is 0 Å². The molecule has 9 heteroatoms. The van der Waals surface area contributed by atoms with E-state index >= 15 is 0 Å². The Morgan fingerprint density at radius 1 is 0.867 bits per heavy atom. The molecule has 2 aromatic carbocycles. The Hall–Kier alpha value is -2.83. The number of methoxy groups -OCH3 is 4. The van der Waals surface area contributed by atoms with Gasteiger partial charge in [0.2, 0.25) is 5.52 Å². The molecule has 0 saturated heterocycles. The van der Waals surface area contributed by atoms with Gasteiger partial charge in [-0.1, -0.05) is 30.3 Å². The van der Waals surface area contributed by atoms with E-state index in [1.165, 1.54) is 40.6 Å². The van der Waals surface area contributed by atoms with Crippen LogP contribution in [0.1, 0.15) is 10.4 Å². The van der Waals surface area contributed by atoms with E-state index in [1.54, 1.807) is 30.3 Å². The minimum atomic E-state index is -3.95. The van der Waals surface area contributed by atoms with Crippen LogP contribution in [0.4, 0.5) is 0 Å². The number of ether oxygens (including phenoxy) is 5. The van der Waals surface area contributed by atoms with Gasteiger partial charge >= 0.3 is 5.97 Å². The van der Waals surface area contributed by atoms with Crippen molar-refractivity contribution in [3.05, 3.63) is 48.0 Å². The van der Waals surface area contributed by atoms with Gasteiger partial charge in [-0.05, 0) is 0 Å². The number of rotatable bonds is 11. The van der Waals surface area contributed by atoms with E-state index in [4.69, 9.17) is 23.7 Å². The van der Waals surface area contributed by atoms with Gasteiger partial charge in [0.1, 0.15) is 35.6 Å². The van der Waals surface area contributed by atoms with Crippen LogP contribution in [0.25, 0.3) is 0 Å². The number of carbonyl (C=O) groups excluding carboxylic acids is 2. The van der Waals surface area contributed by atoms with Crippen LogP contribution in [0, 0.1) is 0 Å². The molecule has 0 aliphatic heterocycles. The van der Waals surface area contributed by atoms with E-state index < -0.39 is 24.8 Å². The van der Waals surface area contributed by atoms with Crippen LogP contribution in [0.2, 0.25) is 0 Å². The third kappa shape index (κ3) is 5.20. The molecule has 0 amide bonds. The highest BCUT2D eigenvalue weighted by Gasteiger charge is 2.40. The van der Waals surface area contributed by atoms with Gasteiger partial charge in [0.05, 0.1) is 27.9 Å². The zero-order chi connectivity index (χ0) is 22.1. The van der Waals surface area contributed by atoms with Gasteiger partial charge in [0.25, 0.3) is 0 Å². The Labute approximate surface area is 175 Å². The monoisotopic (exact) mass is 436 g/mol. The van der Waals surface area contributed by atoms with Crippen molar-refractivity contribution in [2.24, 2.45) is 0 Å². The van der Waals surface area contributed by atoms with E-state index in [-0.39, 0.29) is 35.6 Å². The van der Waals surface area contributed by atoms with E-state index in [0.29, 0.717) is 5.75 Å². The maximum absolute atomic E-state index is 14.0. The molecule has 0 radical (unpaired) electrons. The molecular weight excluding hydrogens is 411 g/mol. The first-order valence-electron chi connectivity index (χ1n) is 9.05. The molecule has 1 unspecified atom stereocenters. The molecular formula is C21H25O8P. The number of esters is 1. The standard InChI is InChI=1S/C21H25O8P/c1-25-10-11-29-19(22)14-30(24,16-8-6-5-7-9-16)21(23)20-17(27-3)12-15(26-2)13-18(20)28-4/h5-9,12-13H,10-11,14H2,1-4H3. The molecule has 0 aliphatic carbocycles. The largest absolute Gasteiger partial charge is 0.496 e. The Kier molecular flexibility index (Phi) is 8.45. The minimum absolute atomic E-state index is 0.00646. The van der Waals surface area contributed by atoms with Gasteiger partial charge in [-0.15, -0.1) is 0 Å². The predicted octanol–water partition coefficient (Wildman–Crippen LogP) is 2.73. The van der Waals surface area contributed by atoms with Crippen LogP contribution in [0.15, 0.2) is 42.5 Å². The van der Waals surface area contributed by atoms with Crippen molar-refractivity contribution < 1.29 is 37.8 Å². The highest BCUT2D eigenvalue weighted by atomic mass is 31.2. The highest BCUT2D eigenvalue weighted by Crippen LogP contribution is 2.51. The Morgan fingerprint density at radius 2 is 1.47 bits per heavy atom. The average molecular weight is 436 g/mol. The molecule has 8 nitrogen and oxygen atoms in total. The fourth-order valence-electron chi connectivity index (χ4n) is 2.81. The fourth-order valence-corrected chi connectivity index (χ4v) is 5.06. The first kappa shape index (κ1) is 23.4. The maximum Gasteiger partial charge on any atom is 0.314 e. The second kappa shape index (κ2) is 10.8. The molecule has 162 valence electrons. The lowest BCUT2D eigenvalue weighted by Gasteiger charge is -2.20. The summed E-state index contributed by atoms with van der Waals surface area (Å²) in [5, 5.41) is 0.235. The third-order valence-corrected chi connectivity index (χ3v) is 7.05. The molecule has 0 heterocycles. The normalized spacial score (nSPS) is 12.5. The Morgan fingerprint density at radius 3 is 1.97 bits per heavy atom. The van der Waals surface area contributed by atoms with Crippen LogP contribution >= 0.6 is 7.14 Å².